The van der Waals surface area contributed by atoms with Gasteiger partial charge in [-0.1, -0.05) is 6.42 Å². The molecule has 3 rings (SSSR count). The quantitative estimate of drug-likeness (QED) is 0.786. The third-order valence-corrected chi connectivity index (χ3v) is 5.41. The van der Waals surface area contributed by atoms with E-state index in [-0.39, 0.29) is 30.1 Å². The van der Waals surface area contributed by atoms with E-state index in [1.807, 2.05) is 11.8 Å². The fourth-order valence-electron chi connectivity index (χ4n) is 4.24. The van der Waals surface area contributed by atoms with E-state index in [0.717, 1.165) is 57.9 Å². The maximum absolute atomic E-state index is 12.8. The Balaban J connectivity index is 1.71. The van der Waals surface area contributed by atoms with Crippen molar-refractivity contribution in [2.24, 2.45) is 5.92 Å². The number of Topliss-reactive ketones (excluding diaryl/α,β-unsaturated/α-hetero) is 1. The van der Waals surface area contributed by atoms with Crippen LogP contribution in [-0.2, 0) is 14.3 Å². The van der Waals surface area contributed by atoms with E-state index >= 15 is 0 Å². The molecule has 0 radical (unpaired) electrons. The van der Waals surface area contributed by atoms with Crippen molar-refractivity contribution in [3.63, 3.8) is 0 Å². The van der Waals surface area contributed by atoms with Crippen molar-refractivity contribution in [2.75, 3.05) is 6.54 Å². The van der Waals surface area contributed by atoms with Crippen LogP contribution < -0.4 is 0 Å². The molecule has 3 fully saturated rings. The number of hydrogen-bond acceptors (Lipinski definition) is 3. The smallest absolute Gasteiger partial charge is 0.251 e. The van der Waals surface area contributed by atoms with E-state index in [0.29, 0.717) is 12.2 Å². The Morgan fingerprint density at radius 2 is 1.90 bits per heavy atom. The van der Waals surface area contributed by atoms with E-state index in [1.54, 1.807) is 0 Å². The SMILES string of the molecule is CC1CCC(C(=O)N2CCCCC2C2CCCCC2=O)O1. The average molecular weight is 293 g/mol. The lowest BCUT2D eigenvalue weighted by molar-refractivity contribution is -0.149. The maximum Gasteiger partial charge on any atom is 0.251 e. The molecule has 0 N–H and O–H groups in total. The van der Waals surface area contributed by atoms with Gasteiger partial charge in [-0.05, 0) is 51.9 Å². The number of amides is 1. The van der Waals surface area contributed by atoms with Gasteiger partial charge in [0.05, 0.1) is 6.10 Å². The van der Waals surface area contributed by atoms with Crippen molar-refractivity contribution >= 4 is 11.7 Å². The van der Waals surface area contributed by atoms with E-state index in [9.17, 15) is 9.59 Å². The van der Waals surface area contributed by atoms with Crippen molar-refractivity contribution in [1.29, 1.82) is 0 Å². The fraction of sp³-hybridized carbons (Fsp3) is 0.882. The summed E-state index contributed by atoms with van der Waals surface area (Å²) in [5.74, 6) is 0.607. The van der Waals surface area contributed by atoms with Crippen LogP contribution in [0.15, 0.2) is 0 Å². The van der Waals surface area contributed by atoms with Gasteiger partial charge in [-0.3, -0.25) is 9.59 Å². The van der Waals surface area contributed by atoms with E-state index < -0.39 is 0 Å². The van der Waals surface area contributed by atoms with Crippen molar-refractivity contribution in [3.8, 4) is 0 Å². The molecule has 1 aliphatic carbocycles. The number of carbonyl (C=O) groups is 2. The number of carbonyl (C=O) groups excluding carboxylic acids is 2. The molecular formula is C17H27NO3. The molecule has 0 aromatic rings. The normalized spacial score (nSPS) is 37.8. The summed E-state index contributed by atoms with van der Waals surface area (Å²) in [7, 11) is 0. The lowest BCUT2D eigenvalue weighted by Crippen LogP contribution is -2.53. The molecule has 1 amide bonds. The van der Waals surface area contributed by atoms with Gasteiger partial charge in [0, 0.05) is 24.9 Å². The van der Waals surface area contributed by atoms with Gasteiger partial charge in [-0.25, -0.2) is 0 Å². The molecule has 3 aliphatic rings. The molecule has 0 spiro atoms. The second kappa shape index (κ2) is 6.47. The molecule has 0 aromatic carbocycles. The van der Waals surface area contributed by atoms with Crippen LogP contribution in [0.25, 0.3) is 0 Å². The summed E-state index contributed by atoms with van der Waals surface area (Å²) in [6, 6.07) is 0.138. The highest BCUT2D eigenvalue weighted by atomic mass is 16.5. The van der Waals surface area contributed by atoms with E-state index in [2.05, 4.69) is 0 Å². The van der Waals surface area contributed by atoms with Crippen LogP contribution in [0.2, 0.25) is 0 Å². The molecule has 1 saturated carbocycles. The van der Waals surface area contributed by atoms with Crippen LogP contribution >= 0.6 is 0 Å². The summed E-state index contributed by atoms with van der Waals surface area (Å²) in [5.41, 5.74) is 0. The van der Waals surface area contributed by atoms with Crippen molar-refractivity contribution in [1.82, 2.24) is 4.90 Å². The summed E-state index contributed by atoms with van der Waals surface area (Å²) < 4.78 is 5.76. The molecule has 118 valence electrons. The third-order valence-electron chi connectivity index (χ3n) is 5.41. The highest BCUT2D eigenvalue weighted by molar-refractivity contribution is 5.85. The summed E-state index contributed by atoms with van der Waals surface area (Å²) in [5, 5.41) is 0. The summed E-state index contributed by atoms with van der Waals surface area (Å²) in [4.78, 5) is 27.1. The van der Waals surface area contributed by atoms with Gasteiger partial charge in [0.1, 0.15) is 11.9 Å². The van der Waals surface area contributed by atoms with Gasteiger partial charge in [-0.2, -0.15) is 0 Å². The first-order valence-corrected chi connectivity index (χ1v) is 8.65. The molecule has 2 heterocycles. The largest absolute Gasteiger partial charge is 0.365 e. The lowest BCUT2D eigenvalue weighted by atomic mass is 9.79. The Kier molecular flexibility index (Phi) is 4.63. The maximum atomic E-state index is 12.8. The minimum atomic E-state index is -0.265. The second-order valence-electron chi connectivity index (χ2n) is 6.93. The van der Waals surface area contributed by atoms with Crippen LogP contribution in [0.4, 0.5) is 0 Å². The molecule has 21 heavy (non-hydrogen) atoms. The summed E-state index contributed by atoms with van der Waals surface area (Å²) in [6.45, 7) is 2.84. The first-order chi connectivity index (χ1) is 10.2. The Hall–Kier alpha value is -0.900. The summed E-state index contributed by atoms with van der Waals surface area (Å²) >= 11 is 0. The van der Waals surface area contributed by atoms with E-state index in [1.165, 1.54) is 0 Å². The average Bonchev–Trinajstić information content (AvgIpc) is 2.94. The van der Waals surface area contributed by atoms with Gasteiger partial charge < -0.3 is 9.64 Å². The van der Waals surface area contributed by atoms with Crippen molar-refractivity contribution in [3.05, 3.63) is 0 Å². The fourth-order valence-corrected chi connectivity index (χ4v) is 4.24. The molecule has 2 aliphatic heterocycles. The van der Waals surface area contributed by atoms with E-state index in [4.69, 9.17) is 4.74 Å². The molecule has 4 nitrogen and oxygen atoms in total. The van der Waals surface area contributed by atoms with Gasteiger partial charge >= 0.3 is 0 Å². The zero-order valence-corrected chi connectivity index (χ0v) is 13.1. The molecular weight excluding hydrogens is 266 g/mol. The predicted octanol–water partition coefficient (Wildman–Crippen LogP) is 2.69. The van der Waals surface area contributed by atoms with Gasteiger partial charge in [0.25, 0.3) is 5.91 Å². The molecule has 4 unspecified atom stereocenters. The van der Waals surface area contributed by atoms with Crippen LogP contribution in [0.5, 0.6) is 0 Å². The molecule has 4 atom stereocenters. The Morgan fingerprint density at radius 3 is 2.62 bits per heavy atom. The van der Waals surface area contributed by atoms with Gasteiger partial charge in [0.2, 0.25) is 0 Å². The number of ketones is 1. The highest BCUT2D eigenvalue weighted by Crippen LogP contribution is 2.33. The Bertz CT molecular complexity index is 409. The van der Waals surface area contributed by atoms with Gasteiger partial charge in [0.15, 0.2) is 0 Å². The second-order valence-corrected chi connectivity index (χ2v) is 6.93. The minimum Gasteiger partial charge on any atom is -0.365 e. The third kappa shape index (κ3) is 3.15. The zero-order valence-electron chi connectivity index (χ0n) is 13.1. The number of rotatable bonds is 2. The number of likely N-dealkylation sites (tertiary alicyclic amines) is 1. The monoisotopic (exact) mass is 293 g/mol. The first-order valence-electron chi connectivity index (χ1n) is 8.65. The first kappa shape index (κ1) is 15.0. The minimum absolute atomic E-state index is 0.0850. The van der Waals surface area contributed by atoms with Crippen molar-refractivity contribution < 1.29 is 14.3 Å². The predicted molar refractivity (Wildman–Crippen MR) is 79.9 cm³/mol. The van der Waals surface area contributed by atoms with Gasteiger partial charge in [-0.15, -0.1) is 0 Å². The number of ether oxygens (including phenoxy) is 1. The Morgan fingerprint density at radius 1 is 1.10 bits per heavy atom. The Labute approximate surface area is 127 Å². The summed E-state index contributed by atoms with van der Waals surface area (Å²) in [6.07, 6.45) is 8.76. The lowest BCUT2D eigenvalue weighted by Gasteiger charge is -2.42. The van der Waals surface area contributed by atoms with Crippen LogP contribution in [-0.4, -0.2) is 41.4 Å². The number of piperidine rings is 1. The van der Waals surface area contributed by atoms with Crippen LogP contribution in [0, 0.1) is 5.92 Å². The number of nitrogens with zero attached hydrogens (tertiary/aromatic N) is 1. The number of hydrogen-bond donors (Lipinski definition) is 0. The molecule has 0 bridgehead atoms. The van der Waals surface area contributed by atoms with Crippen molar-refractivity contribution in [2.45, 2.75) is 83.0 Å². The highest BCUT2D eigenvalue weighted by Gasteiger charge is 2.40. The standard InChI is InChI=1S/C17H27NO3/c1-12-9-10-16(21-12)17(20)18-11-5-4-7-14(18)13-6-2-3-8-15(13)19/h12-14,16H,2-11H2,1H3. The van der Waals surface area contributed by atoms with Crippen LogP contribution in [0.1, 0.15) is 64.7 Å². The molecule has 0 aromatic heterocycles. The zero-order chi connectivity index (χ0) is 14.8. The topological polar surface area (TPSA) is 46.6 Å². The molecule has 4 heteroatoms. The van der Waals surface area contributed by atoms with Crippen LogP contribution in [0.3, 0.4) is 0 Å². The molecule has 2 saturated heterocycles.